The van der Waals surface area contributed by atoms with E-state index in [0.717, 1.165) is 9.87 Å². The first-order valence-corrected chi connectivity index (χ1v) is 9.25. The van der Waals surface area contributed by atoms with Crippen molar-refractivity contribution in [2.45, 2.75) is 39.0 Å². The molecule has 128 valence electrons. The molecule has 2 rings (SSSR count). The van der Waals surface area contributed by atoms with Gasteiger partial charge in [0.15, 0.2) is 0 Å². The van der Waals surface area contributed by atoms with E-state index in [1.165, 1.54) is 12.1 Å². The van der Waals surface area contributed by atoms with Crippen molar-refractivity contribution in [3.05, 3.63) is 60.2 Å². The Morgan fingerprint density at radius 3 is 2.00 bits per heavy atom. The van der Waals surface area contributed by atoms with E-state index in [9.17, 15) is 13.2 Å². The molecule has 0 aliphatic rings. The molecule has 0 N–H and O–H groups in total. The summed E-state index contributed by atoms with van der Waals surface area (Å²) < 4.78 is 27.1. The van der Waals surface area contributed by atoms with Crippen molar-refractivity contribution in [3.63, 3.8) is 0 Å². The third-order valence-corrected chi connectivity index (χ3v) is 5.22. The van der Waals surface area contributed by atoms with E-state index < -0.39 is 15.9 Å². The Morgan fingerprint density at radius 1 is 0.958 bits per heavy atom. The first-order chi connectivity index (χ1) is 11.1. The second kappa shape index (κ2) is 6.77. The van der Waals surface area contributed by atoms with Crippen LogP contribution in [0.2, 0.25) is 0 Å². The van der Waals surface area contributed by atoms with Crippen LogP contribution < -0.4 is 4.31 Å². The zero-order valence-corrected chi connectivity index (χ0v) is 15.3. The molecule has 0 aliphatic heterocycles. The van der Waals surface area contributed by atoms with Crippen LogP contribution in [0.4, 0.5) is 5.69 Å². The molecule has 0 unspecified atom stereocenters. The summed E-state index contributed by atoms with van der Waals surface area (Å²) in [5.41, 5.74) is 1.00. The molecule has 0 saturated heterocycles. The van der Waals surface area contributed by atoms with Gasteiger partial charge in [0.1, 0.15) is 0 Å². The van der Waals surface area contributed by atoms with Gasteiger partial charge in [-0.3, -0.25) is 4.79 Å². The third kappa shape index (κ3) is 4.23. The summed E-state index contributed by atoms with van der Waals surface area (Å²) in [6.07, 6.45) is 0.132. The number of anilines is 1. The zero-order valence-electron chi connectivity index (χ0n) is 14.5. The van der Waals surface area contributed by atoms with Gasteiger partial charge in [-0.15, -0.1) is 0 Å². The predicted molar refractivity (Wildman–Crippen MR) is 96.4 cm³/mol. The topological polar surface area (TPSA) is 54.5 Å². The average Bonchev–Trinajstić information content (AvgIpc) is 2.46. The molecule has 4 nitrogen and oxygen atoms in total. The van der Waals surface area contributed by atoms with Crippen LogP contribution in [-0.2, 0) is 14.8 Å². The fourth-order valence-corrected chi connectivity index (χ4v) is 3.74. The van der Waals surface area contributed by atoms with Crippen molar-refractivity contribution < 1.29 is 13.2 Å². The highest BCUT2D eigenvalue weighted by Gasteiger charge is 2.32. The molecule has 0 aliphatic carbocycles. The van der Waals surface area contributed by atoms with Gasteiger partial charge in [-0.1, -0.05) is 56.7 Å². The largest absolute Gasteiger partial charge is 0.273 e. The molecule has 0 heterocycles. The number of benzene rings is 2. The van der Waals surface area contributed by atoms with E-state index in [2.05, 4.69) is 0 Å². The summed E-state index contributed by atoms with van der Waals surface area (Å²) in [7, 11) is -3.96. The van der Waals surface area contributed by atoms with Crippen molar-refractivity contribution >= 4 is 21.6 Å². The van der Waals surface area contributed by atoms with Crippen molar-refractivity contribution in [3.8, 4) is 0 Å². The van der Waals surface area contributed by atoms with Crippen LogP contribution in [0, 0.1) is 12.3 Å². The summed E-state index contributed by atoms with van der Waals surface area (Å²) in [5, 5.41) is 0. The van der Waals surface area contributed by atoms with Gasteiger partial charge in [0, 0.05) is 6.42 Å². The quantitative estimate of drug-likeness (QED) is 0.836. The third-order valence-electron chi connectivity index (χ3n) is 3.46. The fraction of sp³-hybridized carbons (Fsp3) is 0.316. The van der Waals surface area contributed by atoms with Crippen molar-refractivity contribution in [2.75, 3.05) is 4.31 Å². The van der Waals surface area contributed by atoms with Gasteiger partial charge in [-0.2, -0.15) is 0 Å². The minimum atomic E-state index is -3.96. The molecule has 1 amide bonds. The lowest BCUT2D eigenvalue weighted by molar-refractivity contribution is -0.119. The summed E-state index contributed by atoms with van der Waals surface area (Å²) in [6, 6.07) is 15.0. The lowest BCUT2D eigenvalue weighted by atomic mass is 9.92. The minimum absolute atomic E-state index is 0.110. The van der Waals surface area contributed by atoms with E-state index in [4.69, 9.17) is 0 Å². The summed E-state index contributed by atoms with van der Waals surface area (Å²) in [5.74, 6) is -0.436. The number of carbonyl (C=O) groups excluding carboxylic acids is 1. The second-order valence-electron chi connectivity index (χ2n) is 7.05. The number of nitrogens with zero attached hydrogens (tertiary/aromatic N) is 1. The molecule has 0 spiro atoms. The van der Waals surface area contributed by atoms with E-state index in [0.29, 0.717) is 5.69 Å². The number of rotatable bonds is 4. The van der Waals surface area contributed by atoms with Gasteiger partial charge in [0.2, 0.25) is 5.91 Å². The maximum Gasteiger partial charge on any atom is 0.270 e. The molecule has 5 heteroatoms. The maximum absolute atomic E-state index is 13.1. The highest BCUT2D eigenvalue weighted by Crippen LogP contribution is 2.28. The standard InChI is InChI=1S/C19H23NO3S/c1-15-10-12-17(13-11-15)24(22,23)20(16-8-6-5-7-9-16)18(21)14-19(2,3)4/h5-13H,14H2,1-4H3. The number of sulfonamides is 1. The van der Waals surface area contributed by atoms with E-state index in [1.807, 2.05) is 27.7 Å². The van der Waals surface area contributed by atoms with Crippen LogP contribution in [0.3, 0.4) is 0 Å². The van der Waals surface area contributed by atoms with Gasteiger partial charge in [-0.25, -0.2) is 12.7 Å². The summed E-state index contributed by atoms with van der Waals surface area (Å²) in [4.78, 5) is 12.9. The van der Waals surface area contributed by atoms with Crippen molar-refractivity contribution in [2.24, 2.45) is 5.41 Å². The van der Waals surface area contributed by atoms with Gasteiger partial charge in [0.25, 0.3) is 10.0 Å². The molecule has 24 heavy (non-hydrogen) atoms. The average molecular weight is 345 g/mol. The monoisotopic (exact) mass is 345 g/mol. The second-order valence-corrected chi connectivity index (χ2v) is 8.84. The highest BCUT2D eigenvalue weighted by molar-refractivity contribution is 7.93. The molecular formula is C19H23NO3S. The van der Waals surface area contributed by atoms with E-state index in [1.54, 1.807) is 42.5 Å². The van der Waals surface area contributed by atoms with Gasteiger partial charge in [0.05, 0.1) is 10.6 Å². The molecule has 0 saturated carbocycles. The molecule has 0 bridgehead atoms. The van der Waals surface area contributed by atoms with Crippen LogP contribution in [0.1, 0.15) is 32.8 Å². The van der Waals surface area contributed by atoms with Crippen molar-refractivity contribution in [1.29, 1.82) is 0 Å². The number of hydrogen-bond acceptors (Lipinski definition) is 3. The van der Waals surface area contributed by atoms with Crippen LogP contribution in [-0.4, -0.2) is 14.3 Å². The normalized spacial score (nSPS) is 12.0. The molecule has 0 radical (unpaired) electrons. The van der Waals surface area contributed by atoms with Crippen LogP contribution in [0.25, 0.3) is 0 Å². The van der Waals surface area contributed by atoms with Crippen LogP contribution in [0.5, 0.6) is 0 Å². The zero-order chi connectivity index (χ0) is 18.0. The highest BCUT2D eigenvalue weighted by atomic mass is 32.2. The Kier molecular flexibility index (Phi) is 5.13. The van der Waals surface area contributed by atoms with Crippen LogP contribution in [0.15, 0.2) is 59.5 Å². The molecule has 0 atom stereocenters. The van der Waals surface area contributed by atoms with E-state index in [-0.39, 0.29) is 16.7 Å². The Bertz CT molecular complexity index is 804. The smallest absolute Gasteiger partial charge is 0.270 e. The number of amides is 1. The number of carbonyl (C=O) groups is 1. The number of hydrogen-bond donors (Lipinski definition) is 0. The maximum atomic E-state index is 13.1. The Hall–Kier alpha value is -2.14. The van der Waals surface area contributed by atoms with Gasteiger partial charge in [-0.05, 0) is 36.6 Å². The SMILES string of the molecule is Cc1ccc(S(=O)(=O)N(C(=O)CC(C)(C)C)c2ccccc2)cc1. The first-order valence-electron chi connectivity index (χ1n) is 7.81. The summed E-state index contributed by atoms with van der Waals surface area (Å²) >= 11 is 0. The predicted octanol–water partition coefficient (Wildman–Crippen LogP) is 4.15. The van der Waals surface area contributed by atoms with Crippen LogP contribution >= 0.6 is 0 Å². The first kappa shape index (κ1) is 18.2. The molecule has 0 aromatic heterocycles. The minimum Gasteiger partial charge on any atom is -0.273 e. The lowest BCUT2D eigenvalue weighted by Crippen LogP contribution is -2.38. The summed E-state index contributed by atoms with van der Waals surface area (Å²) in [6.45, 7) is 7.61. The molecule has 2 aromatic carbocycles. The Morgan fingerprint density at radius 2 is 1.50 bits per heavy atom. The molecular weight excluding hydrogens is 322 g/mol. The molecule has 0 fully saturated rings. The Labute approximate surface area is 144 Å². The van der Waals surface area contributed by atoms with Gasteiger partial charge >= 0.3 is 0 Å². The number of aryl methyl sites for hydroxylation is 1. The Balaban J connectivity index is 2.53. The lowest BCUT2D eigenvalue weighted by Gasteiger charge is -2.26. The fourth-order valence-electron chi connectivity index (χ4n) is 2.32. The number of para-hydroxylation sites is 1. The van der Waals surface area contributed by atoms with Crippen molar-refractivity contribution in [1.82, 2.24) is 0 Å². The van der Waals surface area contributed by atoms with Gasteiger partial charge < -0.3 is 0 Å². The van der Waals surface area contributed by atoms with E-state index >= 15 is 0 Å². The molecule has 2 aromatic rings.